The van der Waals surface area contributed by atoms with Crippen LogP contribution in [-0.2, 0) is 6.54 Å². The molecule has 2 nitrogen and oxygen atoms in total. The molecule has 1 aromatic rings. The summed E-state index contributed by atoms with van der Waals surface area (Å²) >= 11 is 3.46. The lowest BCUT2D eigenvalue weighted by atomic mass is 10.2. The molecule has 15 heavy (non-hydrogen) atoms. The molecule has 0 fully saturated rings. The Morgan fingerprint density at radius 2 is 2.13 bits per heavy atom. The van der Waals surface area contributed by atoms with E-state index >= 15 is 0 Å². The first-order valence-electron chi connectivity index (χ1n) is 5.23. The third kappa shape index (κ3) is 4.33. The molecule has 0 radical (unpaired) electrons. The molecule has 1 aromatic carbocycles. The normalized spacial score (nSPS) is 11.3. The molecule has 0 aliphatic heterocycles. The molecular formula is C12H18BrNO. The van der Waals surface area contributed by atoms with Gasteiger partial charge in [-0.15, -0.1) is 0 Å². The number of hydrogen-bond acceptors (Lipinski definition) is 2. The Morgan fingerprint density at radius 3 is 2.67 bits per heavy atom. The van der Waals surface area contributed by atoms with Crippen LogP contribution in [0.5, 0.6) is 0 Å². The quantitative estimate of drug-likeness (QED) is 0.890. The zero-order chi connectivity index (χ0) is 11.3. The highest BCUT2D eigenvalue weighted by molar-refractivity contribution is 9.10. The van der Waals surface area contributed by atoms with Crippen LogP contribution >= 0.6 is 15.9 Å². The van der Waals surface area contributed by atoms with Crippen LogP contribution in [0, 0.1) is 0 Å². The SMILES string of the molecule is CC(C)N(CCO)Cc1cccc(Br)c1. The Kier molecular flexibility index (Phi) is 5.29. The molecule has 0 bridgehead atoms. The van der Waals surface area contributed by atoms with E-state index < -0.39 is 0 Å². The molecular weight excluding hydrogens is 254 g/mol. The highest BCUT2D eigenvalue weighted by Crippen LogP contribution is 2.14. The van der Waals surface area contributed by atoms with Crippen LogP contribution in [0.25, 0.3) is 0 Å². The van der Waals surface area contributed by atoms with Gasteiger partial charge in [-0.25, -0.2) is 0 Å². The minimum Gasteiger partial charge on any atom is -0.395 e. The van der Waals surface area contributed by atoms with Gasteiger partial charge in [-0.05, 0) is 31.5 Å². The van der Waals surface area contributed by atoms with E-state index in [2.05, 4.69) is 46.8 Å². The van der Waals surface area contributed by atoms with Crippen LogP contribution in [0.4, 0.5) is 0 Å². The van der Waals surface area contributed by atoms with Crippen molar-refractivity contribution in [3.63, 3.8) is 0 Å². The zero-order valence-electron chi connectivity index (χ0n) is 9.28. The van der Waals surface area contributed by atoms with Crippen LogP contribution in [-0.4, -0.2) is 29.2 Å². The van der Waals surface area contributed by atoms with Crippen molar-refractivity contribution in [2.45, 2.75) is 26.4 Å². The average molecular weight is 272 g/mol. The summed E-state index contributed by atoms with van der Waals surface area (Å²) in [5, 5.41) is 8.97. The molecule has 0 aliphatic rings. The Labute approximate surface area is 100 Å². The van der Waals surface area contributed by atoms with Gasteiger partial charge in [0.05, 0.1) is 6.61 Å². The lowest BCUT2D eigenvalue weighted by molar-refractivity contribution is 0.159. The van der Waals surface area contributed by atoms with E-state index in [4.69, 9.17) is 5.11 Å². The molecule has 84 valence electrons. The summed E-state index contributed by atoms with van der Waals surface area (Å²) in [5.74, 6) is 0. The Balaban J connectivity index is 2.65. The van der Waals surface area contributed by atoms with Gasteiger partial charge < -0.3 is 5.11 Å². The minimum atomic E-state index is 0.214. The molecule has 0 unspecified atom stereocenters. The van der Waals surface area contributed by atoms with Gasteiger partial charge in [0.2, 0.25) is 0 Å². The summed E-state index contributed by atoms with van der Waals surface area (Å²) in [5.41, 5.74) is 1.27. The fourth-order valence-corrected chi connectivity index (χ4v) is 1.96. The summed E-state index contributed by atoms with van der Waals surface area (Å²) < 4.78 is 1.10. The van der Waals surface area contributed by atoms with E-state index in [0.717, 1.165) is 17.6 Å². The second-order valence-corrected chi connectivity index (χ2v) is 4.83. The highest BCUT2D eigenvalue weighted by atomic mass is 79.9. The van der Waals surface area contributed by atoms with Crippen molar-refractivity contribution in [3.05, 3.63) is 34.3 Å². The Bertz CT molecular complexity index is 301. The molecule has 0 aliphatic carbocycles. The largest absolute Gasteiger partial charge is 0.395 e. The number of nitrogens with zero attached hydrogens (tertiary/aromatic N) is 1. The third-order valence-electron chi connectivity index (χ3n) is 2.39. The second kappa shape index (κ2) is 6.26. The first-order chi connectivity index (χ1) is 7.13. The van der Waals surface area contributed by atoms with Gasteiger partial charge in [-0.3, -0.25) is 4.90 Å². The van der Waals surface area contributed by atoms with Crippen LogP contribution in [0.15, 0.2) is 28.7 Å². The predicted molar refractivity (Wildman–Crippen MR) is 66.8 cm³/mol. The van der Waals surface area contributed by atoms with Gasteiger partial charge in [0, 0.05) is 23.6 Å². The lowest BCUT2D eigenvalue weighted by Crippen LogP contribution is -2.32. The van der Waals surface area contributed by atoms with Crippen molar-refractivity contribution in [1.29, 1.82) is 0 Å². The molecule has 3 heteroatoms. The number of benzene rings is 1. The van der Waals surface area contributed by atoms with Crippen molar-refractivity contribution in [2.75, 3.05) is 13.2 Å². The topological polar surface area (TPSA) is 23.5 Å². The fourth-order valence-electron chi connectivity index (χ4n) is 1.52. The summed E-state index contributed by atoms with van der Waals surface area (Å²) in [7, 11) is 0. The first kappa shape index (κ1) is 12.7. The highest BCUT2D eigenvalue weighted by Gasteiger charge is 2.09. The van der Waals surface area contributed by atoms with Crippen LogP contribution in [0.2, 0.25) is 0 Å². The lowest BCUT2D eigenvalue weighted by Gasteiger charge is -2.25. The van der Waals surface area contributed by atoms with Crippen LogP contribution in [0.3, 0.4) is 0 Å². The van der Waals surface area contributed by atoms with Crippen molar-refractivity contribution in [2.24, 2.45) is 0 Å². The molecule has 0 heterocycles. The van der Waals surface area contributed by atoms with Crippen LogP contribution < -0.4 is 0 Å². The van der Waals surface area contributed by atoms with E-state index in [1.807, 2.05) is 12.1 Å². The van der Waals surface area contributed by atoms with Crippen molar-refractivity contribution in [3.8, 4) is 0 Å². The molecule has 0 atom stereocenters. The van der Waals surface area contributed by atoms with Gasteiger partial charge in [0.15, 0.2) is 0 Å². The van der Waals surface area contributed by atoms with Crippen molar-refractivity contribution in [1.82, 2.24) is 4.90 Å². The molecule has 0 saturated carbocycles. The second-order valence-electron chi connectivity index (χ2n) is 3.92. The summed E-state index contributed by atoms with van der Waals surface area (Å²) in [6.07, 6.45) is 0. The monoisotopic (exact) mass is 271 g/mol. The van der Waals surface area contributed by atoms with E-state index in [1.54, 1.807) is 0 Å². The van der Waals surface area contributed by atoms with E-state index in [9.17, 15) is 0 Å². The maximum atomic E-state index is 8.97. The number of aliphatic hydroxyl groups excluding tert-OH is 1. The molecule has 0 aromatic heterocycles. The Hall–Kier alpha value is -0.380. The van der Waals surface area contributed by atoms with Crippen LogP contribution in [0.1, 0.15) is 19.4 Å². The van der Waals surface area contributed by atoms with Gasteiger partial charge in [0.25, 0.3) is 0 Å². The zero-order valence-corrected chi connectivity index (χ0v) is 10.9. The smallest absolute Gasteiger partial charge is 0.0558 e. The predicted octanol–water partition coefficient (Wildman–Crippen LogP) is 2.65. The maximum Gasteiger partial charge on any atom is 0.0558 e. The van der Waals surface area contributed by atoms with Gasteiger partial charge in [-0.2, -0.15) is 0 Å². The first-order valence-corrected chi connectivity index (χ1v) is 6.02. The molecule has 0 amide bonds. The summed E-state index contributed by atoms with van der Waals surface area (Å²) in [6.45, 7) is 6.12. The number of aliphatic hydroxyl groups is 1. The van der Waals surface area contributed by atoms with Crippen molar-refractivity contribution < 1.29 is 5.11 Å². The number of hydrogen-bond donors (Lipinski definition) is 1. The van der Waals surface area contributed by atoms with Crippen molar-refractivity contribution >= 4 is 15.9 Å². The van der Waals surface area contributed by atoms with Gasteiger partial charge in [-0.1, -0.05) is 28.1 Å². The summed E-state index contributed by atoms with van der Waals surface area (Å²) in [6, 6.07) is 8.74. The standard InChI is InChI=1S/C12H18BrNO/c1-10(2)14(6-7-15)9-11-4-3-5-12(13)8-11/h3-5,8,10,15H,6-7,9H2,1-2H3. The minimum absolute atomic E-state index is 0.214. The molecule has 0 spiro atoms. The molecule has 1 rings (SSSR count). The van der Waals surface area contributed by atoms with Gasteiger partial charge >= 0.3 is 0 Å². The summed E-state index contributed by atoms with van der Waals surface area (Å²) in [4.78, 5) is 2.25. The number of halogens is 1. The molecule has 0 saturated heterocycles. The van der Waals surface area contributed by atoms with Gasteiger partial charge in [0.1, 0.15) is 0 Å². The van der Waals surface area contributed by atoms with E-state index in [1.165, 1.54) is 5.56 Å². The Morgan fingerprint density at radius 1 is 1.40 bits per heavy atom. The van der Waals surface area contributed by atoms with E-state index in [-0.39, 0.29) is 6.61 Å². The maximum absolute atomic E-state index is 8.97. The van der Waals surface area contributed by atoms with E-state index in [0.29, 0.717) is 6.04 Å². The fraction of sp³-hybridized carbons (Fsp3) is 0.500. The number of rotatable bonds is 5. The third-order valence-corrected chi connectivity index (χ3v) is 2.89. The average Bonchev–Trinajstić information content (AvgIpc) is 2.17. The molecule has 1 N–H and O–H groups in total.